The quantitative estimate of drug-likeness (QED) is 0.696. The van der Waals surface area contributed by atoms with E-state index in [-0.39, 0.29) is 12.5 Å². The van der Waals surface area contributed by atoms with Crippen LogP contribution in [0, 0.1) is 11.6 Å². The van der Waals surface area contributed by atoms with Gasteiger partial charge in [0.15, 0.2) is 0 Å². The van der Waals surface area contributed by atoms with E-state index in [1.54, 1.807) is 0 Å². The first-order valence-electron chi connectivity index (χ1n) is 9.04. The van der Waals surface area contributed by atoms with Crippen molar-refractivity contribution < 1.29 is 21.5 Å². The number of benzene rings is 2. The Labute approximate surface area is 163 Å². The highest BCUT2D eigenvalue weighted by molar-refractivity contribution is 5.86. The Morgan fingerprint density at radius 2 is 1.78 bits per heavy atom. The van der Waals surface area contributed by atoms with Crippen LogP contribution in [0.25, 0.3) is 10.9 Å². The van der Waals surface area contributed by atoms with Gasteiger partial charge in [0.1, 0.15) is 18.1 Å². The largest absolute Gasteiger partial charge is 0.480 e. The Hall–Kier alpha value is -2.78. The molecule has 2 aromatic carbocycles. The lowest BCUT2D eigenvalue weighted by Crippen LogP contribution is -2.09. The smallest absolute Gasteiger partial charge is 0.323 e. The van der Waals surface area contributed by atoms with Crippen LogP contribution in [-0.4, -0.2) is 15.6 Å². The van der Waals surface area contributed by atoms with Crippen molar-refractivity contribution in [2.45, 2.75) is 25.3 Å². The minimum Gasteiger partial charge on any atom is -0.480 e. The zero-order chi connectivity index (χ0) is 18.8. The average Bonchev–Trinajstić information content (AvgIpc) is 3.02. The van der Waals surface area contributed by atoms with Crippen LogP contribution in [0.3, 0.4) is 0 Å². The third-order valence-electron chi connectivity index (χ3n) is 5.08. The van der Waals surface area contributed by atoms with Gasteiger partial charge in [0.05, 0.1) is 0 Å². The molecule has 4 heteroatoms. The number of hydrogen-bond acceptors (Lipinski definition) is 1. The summed E-state index contributed by atoms with van der Waals surface area (Å²) < 4.78 is 1.83. The number of aromatic nitrogens is 1. The number of carboxylic acids is 1. The van der Waals surface area contributed by atoms with Crippen molar-refractivity contribution >= 4 is 16.9 Å². The van der Waals surface area contributed by atoms with Gasteiger partial charge in [-0.15, -0.1) is 0 Å². The Balaban J connectivity index is 1.92. The summed E-state index contributed by atoms with van der Waals surface area (Å²) >= 11 is 5.34. The van der Waals surface area contributed by atoms with Gasteiger partial charge in [-0.1, -0.05) is 60.2 Å². The van der Waals surface area contributed by atoms with Crippen LogP contribution in [0.15, 0.2) is 83.6 Å². The van der Waals surface area contributed by atoms with Gasteiger partial charge >= 0.3 is 5.97 Å². The number of para-hydroxylation sites is 1. The number of allylic oxidation sites excluding steroid dienone is 4. The van der Waals surface area contributed by atoms with Crippen molar-refractivity contribution in [3.8, 4) is 0 Å². The number of carbonyl (C=O) groups is 1. The van der Waals surface area contributed by atoms with Crippen LogP contribution >= 0.6 is 0 Å². The lowest BCUT2D eigenvalue weighted by Gasteiger charge is -2.22. The molecule has 0 amide bonds. The second-order valence-corrected chi connectivity index (χ2v) is 7.37. The van der Waals surface area contributed by atoms with E-state index < -0.39 is 5.97 Å². The fourth-order valence-electron chi connectivity index (χ4n) is 3.90. The molecule has 0 saturated heterocycles. The molecule has 0 spiro atoms. The van der Waals surface area contributed by atoms with Crippen LogP contribution in [0.4, 0.5) is 0 Å². The van der Waals surface area contributed by atoms with Crippen molar-refractivity contribution in [3.05, 3.63) is 94.7 Å². The number of fused-ring (bicyclic) bond motifs is 1. The molecule has 1 aromatic heterocycles. The average molecular weight is 379 g/mol. The molecule has 1 atom stereocenters. The van der Waals surface area contributed by atoms with Crippen molar-refractivity contribution in [2.24, 2.45) is 0 Å². The second kappa shape index (κ2) is 7.45. The molecular weight excluding hydrogens is 358 g/mol. The SMILES string of the molecule is O=C(O)Cn1cc(C(C2=CC=C([ClH+])CC2)c2ccccc2)c2ccccc21. The maximum atomic E-state index is 11.3. The molecule has 1 N–H and O–H groups in total. The zero-order valence-electron chi connectivity index (χ0n) is 14.8. The first-order valence-corrected chi connectivity index (χ1v) is 9.45. The van der Waals surface area contributed by atoms with E-state index in [1.807, 2.05) is 41.1 Å². The highest BCUT2D eigenvalue weighted by Crippen LogP contribution is 2.40. The highest BCUT2D eigenvalue weighted by Gasteiger charge is 2.25. The van der Waals surface area contributed by atoms with E-state index in [0.717, 1.165) is 34.3 Å². The Morgan fingerprint density at radius 1 is 1.04 bits per heavy atom. The highest BCUT2D eigenvalue weighted by atomic mass is 35.5. The number of rotatable bonds is 5. The van der Waals surface area contributed by atoms with E-state index in [2.05, 4.69) is 36.4 Å². The summed E-state index contributed by atoms with van der Waals surface area (Å²) in [6, 6.07) is 18.4. The summed E-state index contributed by atoms with van der Waals surface area (Å²) in [7, 11) is 0. The number of carboxylic acid groups (broad SMARTS) is 1. The minimum atomic E-state index is -0.839. The predicted octanol–water partition coefficient (Wildman–Crippen LogP) is 4.74. The van der Waals surface area contributed by atoms with Gasteiger partial charge in [0, 0.05) is 29.4 Å². The van der Waals surface area contributed by atoms with Crippen LogP contribution in [-0.2, 0) is 11.3 Å². The molecule has 0 saturated carbocycles. The normalized spacial score (nSPS) is 15.3. The fourth-order valence-corrected chi connectivity index (χ4v) is 4.07. The van der Waals surface area contributed by atoms with E-state index in [9.17, 15) is 9.90 Å². The summed E-state index contributed by atoms with van der Waals surface area (Å²) in [5.41, 5.74) is 4.62. The minimum absolute atomic E-state index is 0.0444. The van der Waals surface area contributed by atoms with Gasteiger partial charge in [-0.2, -0.15) is 0 Å². The van der Waals surface area contributed by atoms with Crippen LogP contribution in [0.1, 0.15) is 29.9 Å². The maximum Gasteiger partial charge on any atom is 0.323 e. The first-order chi connectivity index (χ1) is 13.1. The third-order valence-corrected chi connectivity index (χ3v) is 5.42. The molecule has 3 aromatic rings. The third kappa shape index (κ3) is 3.56. The molecule has 3 nitrogen and oxygen atoms in total. The lowest BCUT2D eigenvalue weighted by molar-refractivity contribution is -0.306. The number of halogens is 1. The topological polar surface area (TPSA) is 42.2 Å². The van der Waals surface area contributed by atoms with E-state index in [1.165, 1.54) is 11.1 Å². The summed E-state index contributed by atoms with van der Waals surface area (Å²) in [5, 5.41) is 11.4. The van der Waals surface area contributed by atoms with Crippen LogP contribution < -0.4 is 0 Å². The number of nitrogens with zero attached hydrogens (tertiary/aromatic N) is 1. The molecular formula is C23H21ClNO2+. The van der Waals surface area contributed by atoms with Gasteiger partial charge in [0.2, 0.25) is 5.03 Å². The van der Waals surface area contributed by atoms with Crippen molar-refractivity contribution in [2.75, 3.05) is 0 Å². The molecule has 0 radical (unpaired) electrons. The molecule has 27 heavy (non-hydrogen) atoms. The van der Waals surface area contributed by atoms with Crippen LogP contribution in [0.5, 0.6) is 0 Å². The Kier molecular flexibility index (Phi) is 4.87. The molecule has 0 bridgehead atoms. The van der Waals surface area contributed by atoms with Crippen molar-refractivity contribution in [1.82, 2.24) is 4.57 Å². The molecule has 1 unspecified atom stereocenters. The van der Waals surface area contributed by atoms with Gasteiger partial charge in [-0.3, -0.25) is 4.79 Å². The Morgan fingerprint density at radius 3 is 2.48 bits per heavy atom. The van der Waals surface area contributed by atoms with Crippen molar-refractivity contribution in [3.63, 3.8) is 0 Å². The van der Waals surface area contributed by atoms with Gasteiger partial charge in [-0.25, -0.2) is 0 Å². The van der Waals surface area contributed by atoms with Gasteiger partial charge < -0.3 is 9.67 Å². The summed E-state index contributed by atoms with van der Waals surface area (Å²) in [4.78, 5) is 11.3. The zero-order valence-corrected chi connectivity index (χ0v) is 15.7. The first kappa shape index (κ1) is 17.6. The maximum absolute atomic E-state index is 11.3. The van der Waals surface area contributed by atoms with E-state index in [4.69, 9.17) is 11.6 Å². The molecule has 1 heterocycles. The monoisotopic (exact) mass is 378 g/mol. The number of hydrogen-bond donors (Lipinski definition) is 1. The summed E-state index contributed by atoms with van der Waals surface area (Å²) in [5.74, 6) is -0.750. The van der Waals surface area contributed by atoms with Gasteiger partial charge in [0.25, 0.3) is 0 Å². The number of aliphatic carboxylic acids is 1. The van der Waals surface area contributed by atoms with Crippen LogP contribution in [0.2, 0.25) is 0 Å². The molecule has 136 valence electrons. The molecule has 4 rings (SSSR count). The molecule has 0 aliphatic heterocycles. The van der Waals surface area contributed by atoms with Gasteiger partial charge in [-0.05, 0) is 29.7 Å². The Bertz CT molecular complexity index is 1050. The second-order valence-electron chi connectivity index (χ2n) is 6.84. The molecule has 1 aliphatic rings. The summed E-state index contributed by atoms with van der Waals surface area (Å²) in [6.07, 6.45) is 7.99. The molecule has 1 aliphatic carbocycles. The van der Waals surface area contributed by atoms with E-state index >= 15 is 0 Å². The molecule has 0 fully saturated rings. The van der Waals surface area contributed by atoms with E-state index in [0.29, 0.717) is 0 Å². The van der Waals surface area contributed by atoms with Crippen molar-refractivity contribution in [1.29, 1.82) is 0 Å². The predicted molar refractivity (Wildman–Crippen MR) is 105 cm³/mol. The lowest BCUT2D eigenvalue weighted by atomic mass is 9.81. The standard InChI is InChI=1S/C23H20ClNO2/c24-18-12-10-17(11-13-18)23(16-6-2-1-3-7-16)20-14-25(15-22(26)27)21-9-5-4-8-19(20)21/h1-10,12,14,23-24H,11,13,15H2/p+1. The fraction of sp³-hybridized carbons (Fsp3) is 0.174. The summed E-state index contributed by atoms with van der Waals surface area (Å²) in [6.45, 7) is -0.0444.